The lowest BCUT2D eigenvalue weighted by Gasteiger charge is -2.13. The molecule has 0 radical (unpaired) electrons. The number of ether oxygens (including phenoxy) is 3. The number of carbonyl (C=O) groups excluding carboxylic acids is 1. The predicted octanol–water partition coefficient (Wildman–Crippen LogP) is 5.73. The number of nitrogens with one attached hydrogen (secondary N) is 1. The fourth-order valence-electron chi connectivity index (χ4n) is 3.55. The lowest BCUT2D eigenvalue weighted by Crippen LogP contribution is -2.18. The first-order chi connectivity index (χ1) is 17.1. The van der Waals surface area contributed by atoms with Gasteiger partial charge in [-0.15, -0.1) is 0 Å². The summed E-state index contributed by atoms with van der Waals surface area (Å²) in [7, 11) is 1.52. The zero-order valence-electron chi connectivity index (χ0n) is 19.5. The van der Waals surface area contributed by atoms with E-state index in [0.29, 0.717) is 40.5 Å². The molecule has 0 aliphatic carbocycles. The van der Waals surface area contributed by atoms with Crippen LogP contribution in [-0.2, 0) is 6.61 Å². The van der Waals surface area contributed by atoms with E-state index in [1.165, 1.54) is 19.4 Å². The number of hydrogen-bond acceptors (Lipinski definition) is 5. The molecule has 4 rings (SSSR count). The van der Waals surface area contributed by atoms with Gasteiger partial charge >= 0.3 is 0 Å². The number of amides is 1. The second kappa shape index (κ2) is 11.2. The summed E-state index contributed by atoms with van der Waals surface area (Å²) in [5.41, 5.74) is 4.07. The molecule has 0 aliphatic rings. The first-order valence-corrected chi connectivity index (χ1v) is 11.1. The van der Waals surface area contributed by atoms with Gasteiger partial charge in [0.25, 0.3) is 5.91 Å². The van der Waals surface area contributed by atoms with Crippen LogP contribution in [0.3, 0.4) is 0 Å². The summed E-state index contributed by atoms with van der Waals surface area (Å²) in [4.78, 5) is 12.7. The molecule has 0 unspecified atom stereocenters. The number of hydrogen-bond donors (Lipinski definition) is 1. The van der Waals surface area contributed by atoms with Crippen LogP contribution in [0.1, 0.15) is 28.4 Å². The molecule has 0 saturated carbocycles. The molecule has 1 N–H and O–H groups in total. The average Bonchev–Trinajstić information content (AvgIpc) is 2.88. The van der Waals surface area contributed by atoms with Crippen LogP contribution in [0.15, 0.2) is 84.0 Å². The van der Waals surface area contributed by atoms with Crippen molar-refractivity contribution in [3.8, 4) is 17.2 Å². The Kier molecular flexibility index (Phi) is 7.57. The van der Waals surface area contributed by atoms with Gasteiger partial charge in [-0.05, 0) is 59.7 Å². The molecule has 0 bridgehead atoms. The highest BCUT2D eigenvalue weighted by molar-refractivity contribution is 6.02. The highest BCUT2D eigenvalue weighted by Crippen LogP contribution is 2.29. The number of fused-ring (bicyclic) bond motifs is 1. The van der Waals surface area contributed by atoms with Gasteiger partial charge in [0.05, 0.1) is 25.5 Å². The van der Waals surface area contributed by atoms with Crippen molar-refractivity contribution in [1.82, 2.24) is 5.43 Å². The van der Waals surface area contributed by atoms with Crippen molar-refractivity contribution >= 4 is 22.9 Å². The molecule has 0 spiro atoms. The average molecular weight is 473 g/mol. The summed E-state index contributed by atoms with van der Waals surface area (Å²) in [5, 5.41) is 5.99. The number of rotatable bonds is 9. The highest BCUT2D eigenvalue weighted by Gasteiger charge is 2.13. The number of carbonyl (C=O) groups is 1. The number of nitrogens with zero attached hydrogens (tertiary/aromatic N) is 1. The zero-order chi connectivity index (χ0) is 24.6. The van der Waals surface area contributed by atoms with Crippen molar-refractivity contribution in [3.05, 3.63) is 101 Å². The van der Waals surface area contributed by atoms with E-state index in [4.69, 9.17) is 14.2 Å². The van der Waals surface area contributed by atoms with Crippen molar-refractivity contribution in [2.45, 2.75) is 13.5 Å². The normalized spacial score (nSPS) is 10.9. The van der Waals surface area contributed by atoms with Crippen LogP contribution in [0.5, 0.6) is 17.2 Å². The summed E-state index contributed by atoms with van der Waals surface area (Å²) in [5.74, 6) is 0.727. The molecule has 4 aromatic carbocycles. The van der Waals surface area contributed by atoms with Crippen LogP contribution in [0.25, 0.3) is 10.8 Å². The minimum Gasteiger partial charge on any atom is -0.496 e. The SMILES string of the molecule is CCOc1cc(/C=N\NC(=O)c2cc3ccccc3cc2OC)ccc1OCc1ccccc1F. The van der Waals surface area contributed by atoms with Crippen molar-refractivity contribution in [1.29, 1.82) is 0 Å². The molecule has 0 saturated heterocycles. The van der Waals surface area contributed by atoms with Crippen LogP contribution >= 0.6 is 0 Å². The minimum atomic E-state index is -0.390. The fraction of sp³-hybridized carbons (Fsp3) is 0.143. The first-order valence-electron chi connectivity index (χ1n) is 11.1. The van der Waals surface area contributed by atoms with E-state index in [1.807, 2.05) is 37.3 Å². The number of hydrazone groups is 1. The Bertz CT molecular complexity index is 1370. The molecule has 4 aromatic rings. The van der Waals surface area contributed by atoms with Crippen molar-refractivity contribution in [2.24, 2.45) is 5.10 Å². The van der Waals surface area contributed by atoms with Crippen molar-refractivity contribution in [2.75, 3.05) is 13.7 Å². The Morgan fingerprint density at radius 3 is 2.40 bits per heavy atom. The Balaban J connectivity index is 1.47. The molecule has 0 aromatic heterocycles. The van der Waals surface area contributed by atoms with Gasteiger partial charge in [-0.3, -0.25) is 4.79 Å². The van der Waals surface area contributed by atoms with Gasteiger partial charge in [-0.2, -0.15) is 5.10 Å². The van der Waals surface area contributed by atoms with Crippen LogP contribution in [0.4, 0.5) is 4.39 Å². The zero-order valence-corrected chi connectivity index (χ0v) is 19.5. The molecule has 35 heavy (non-hydrogen) atoms. The van der Waals surface area contributed by atoms with Gasteiger partial charge in [0.15, 0.2) is 11.5 Å². The van der Waals surface area contributed by atoms with Gasteiger partial charge in [-0.25, -0.2) is 9.82 Å². The predicted molar refractivity (Wildman–Crippen MR) is 134 cm³/mol. The minimum absolute atomic E-state index is 0.0732. The second-order valence-electron chi connectivity index (χ2n) is 7.62. The van der Waals surface area contributed by atoms with E-state index in [9.17, 15) is 9.18 Å². The Hall–Kier alpha value is -4.39. The molecule has 1 amide bonds. The van der Waals surface area contributed by atoms with E-state index >= 15 is 0 Å². The molecular formula is C28H25FN2O4. The van der Waals surface area contributed by atoms with Gasteiger partial charge in [0.1, 0.15) is 18.2 Å². The maximum Gasteiger partial charge on any atom is 0.275 e. The van der Waals surface area contributed by atoms with Crippen LogP contribution in [0, 0.1) is 5.82 Å². The molecule has 0 heterocycles. The second-order valence-corrected chi connectivity index (χ2v) is 7.62. The van der Waals surface area contributed by atoms with E-state index < -0.39 is 5.91 Å². The highest BCUT2D eigenvalue weighted by atomic mass is 19.1. The molecule has 0 fully saturated rings. The monoisotopic (exact) mass is 472 g/mol. The Morgan fingerprint density at radius 1 is 0.914 bits per heavy atom. The lowest BCUT2D eigenvalue weighted by molar-refractivity contribution is 0.0952. The summed E-state index contributed by atoms with van der Waals surface area (Å²) < 4.78 is 30.7. The Morgan fingerprint density at radius 2 is 1.66 bits per heavy atom. The molecule has 0 aliphatic heterocycles. The van der Waals surface area contributed by atoms with E-state index in [-0.39, 0.29) is 12.4 Å². The summed E-state index contributed by atoms with van der Waals surface area (Å²) in [6, 6.07) is 23.0. The van der Waals surface area contributed by atoms with Crippen LogP contribution < -0.4 is 19.6 Å². The van der Waals surface area contributed by atoms with Gasteiger partial charge < -0.3 is 14.2 Å². The first kappa shape index (κ1) is 23.8. The van der Waals surface area contributed by atoms with Crippen molar-refractivity contribution in [3.63, 3.8) is 0 Å². The van der Waals surface area contributed by atoms with Crippen LogP contribution in [-0.4, -0.2) is 25.8 Å². The van der Waals surface area contributed by atoms with Gasteiger partial charge in [0.2, 0.25) is 0 Å². The third-order valence-corrected chi connectivity index (χ3v) is 5.30. The van der Waals surface area contributed by atoms with Crippen molar-refractivity contribution < 1.29 is 23.4 Å². The maximum atomic E-state index is 13.9. The number of halogens is 1. The molecule has 0 atom stereocenters. The number of methoxy groups -OCH3 is 1. The largest absolute Gasteiger partial charge is 0.496 e. The molecule has 7 heteroatoms. The third kappa shape index (κ3) is 5.76. The summed E-state index contributed by atoms with van der Waals surface area (Å²) >= 11 is 0. The molecule has 6 nitrogen and oxygen atoms in total. The van der Waals surface area contributed by atoms with Crippen LogP contribution in [0.2, 0.25) is 0 Å². The van der Waals surface area contributed by atoms with Gasteiger partial charge in [-0.1, -0.05) is 42.5 Å². The fourth-order valence-corrected chi connectivity index (χ4v) is 3.55. The maximum absolute atomic E-state index is 13.9. The number of benzene rings is 4. The Labute approximate surface area is 202 Å². The smallest absolute Gasteiger partial charge is 0.275 e. The lowest BCUT2D eigenvalue weighted by atomic mass is 10.1. The standard InChI is InChI=1S/C28H25FN2O4/c1-3-34-27-14-19(12-13-25(27)35-18-22-10-6-7-11-24(22)29)17-30-31-28(32)23-15-20-8-4-5-9-21(20)16-26(23)33-2/h4-17H,3,18H2,1-2H3,(H,31,32)/b30-17-. The molecular weight excluding hydrogens is 447 g/mol. The van der Waals surface area contributed by atoms with E-state index in [1.54, 1.807) is 42.5 Å². The van der Waals surface area contributed by atoms with Gasteiger partial charge in [0, 0.05) is 5.56 Å². The summed E-state index contributed by atoms with van der Waals surface area (Å²) in [6.07, 6.45) is 1.51. The topological polar surface area (TPSA) is 69.2 Å². The molecule has 178 valence electrons. The quantitative estimate of drug-likeness (QED) is 0.250. The summed E-state index contributed by atoms with van der Waals surface area (Å²) in [6.45, 7) is 2.36. The van der Waals surface area contributed by atoms with E-state index in [2.05, 4.69) is 10.5 Å². The van der Waals surface area contributed by atoms with E-state index in [0.717, 1.165) is 10.8 Å². The third-order valence-electron chi connectivity index (χ3n) is 5.30.